The van der Waals surface area contributed by atoms with Gasteiger partial charge in [-0.15, -0.1) is 5.10 Å². The molecule has 1 aliphatic heterocycles. The number of imide groups is 1. The van der Waals surface area contributed by atoms with Gasteiger partial charge in [-0.3, -0.25) is 15.0 Å². The molecule has 214 valence electrons. The Morgan fingerprint density at radius 2 is 1.93 bits per heavy atom. The smallest absolute Gasteiger partial charge is 0.286 e. The number of aryl methyl sites for hydroxylation is 1. The van der Waals surface area contributed by atoms with Gasteiger partial charge in [0.15, 0.2) is 11.5 Å². The second kappa shape index (κ2) is 11.6. The first-order valence-electron chi connectivity index (χ1n) is 13.5. The molecule has 0 bridgehead atoms. The molecule has 2 heterocycles. The van der Waals surface area contributed by atoms with Crippen LogP contribution in [-0.4, -0.2) is 68.8 Å². The van der Waals surface area contributed by atoms with Gasteiger partial charge in [0.05, 0.1) is 11.4 Å². The van der Waals surface area contributed by atoms with Gasteiger partial charge in [0.1, 0.15) is 11.6 Å². The maximum Gasteiger partial charge on any atom is 0.286 e. The van der Waals surface area contributed by atoms with Crippen molar-refractivity contribution in [3.05, 3.63) is 70.3 Å². The number of para-hydroxylation sites is 1. The molecule has 0 saturated heterocycles. The van der Waals surface area contributed by atoms with Gasteiger partial charge in [0, 0.05) is 18.0 Å². The van der Waals surface area contributed by atoms with Crippen LogP contribution in [0.3, 0.4) is 0 Å². The van der Waals surface area contributed by atoms with Crippen LogP contribution in [-0.2, 0) is 9.59 Å². The van der Waals surface area contributed by atoms with Gasteiger partial charge in [-0.2, -0.15) is 5.10 Å². The average Bonchev–Trinajstić information content (AvgIpc) is 3.49. The molecule has 41 heavy (non-hydrogen) atoms. The molecule has 3 N–H and O–H groups in total. The summed E-state index contributed by atoms with van der Waals surface area (Å²) in [6, 6.07) is 9.50. The lowest BCUT2D eigenvalue weighted by Gasteiger charge is -2.30. The predicted octanol–water partition coefficient (Wildman–Crippen LogP) is 4.01. The summed E-state index contributed by atoms with van der Waals surface area (Å²) in [6.07, 6.45) is 3.62. The van der Waals surface area contributed by atoms with Crippen LogP contribution in [0.2, 0.25) is 0 Å². The highest BCUT2D eigenvalue weighted by Crippen LogP contribution is 2.44. The van der Waals surface area contributed by atoms with Crippen LogP contribution in [0.1, 0.15) is 61.4 Å². The molecular formula is C29H33FN8O3. The van der Waals surface area contributed by atoms with E-state index in [2.05, 4.69) is 31.2 Å². The zero-order valence-corrected chi connectivity index (χ0v) is 23.5. The number of tetrazole rings is 1. The Morgan fingerprint density at radius 1 is 1.15 bits per heavy atom. The number of rotatable bonds is 7. The first kappa shape index (κ1) is 28.1. The highest BCUT2D eigenvalue weighted by atomic mass is 19.1. The van der Waals surface area contributed by atoms with Crippen molar-refractivity contribution in [1.82, 2.24) is 25.5 Å². The third-order valence-corrected chi connectivity index (χ3v) is 7.77. The number of carbonyl (C=O) groups is 2. The SMILES string of the molecule is CC1=C(CN(C)C)C(=O)N(c2ccc(F)c(C)c2)C(=O)C1=NNc1cccc(C2CCCC(c3nnn[nH]3)C2)c1O. The number of hydrogen-bond donors (Lipinski definition) is 3. The Morgan fingerprint density at radius 3 is 2.63 bits per heavy atom. The molecule has 3 aromatic rings. The number of H-pyrrole nitrogens is 1. The van der Waals surface area contributed by atoms with Crippen molar-refractivity contribution in [1.29, 1.82) is 0 Å². The fraction of sp³-hybridized carbons (Fsp3) is 0.379. The summed E-state index contributed by atoms with van der Waals surface area (Å²) in [6.45, 7) is 3.53. The summed E-state index contributed by atoms with van der Waals surface area (Å²) >= 11 is 0. The van der Waals surface area contributed by atoms with Crippen molar-refractivity contribution >= 4 is 28.9 Å². The molecule has 1 aliphatic carbocycles. The molecule has 0 radical (unpaired) electrons. The summed E-state index contributed by atoms with van der Waals surface area (Å²) in [7, 11) is 3.65. The first-order valence-corrected chi connectivity index (χ1v) is 13.5. The number of nitrogens with zero attached hydrogens (tertiary/aromatic N) is 6. The van der Waals surface area contributed by atoms with E-state index >= 15 is 0 Å². The Kier molecular flexibility index (Phi) is 7.93. The number of phenols is 1. The largest absolute Gasteiger partial charge is 0.505 e. The van der Waals surface area contributed by atoms with Crippen LogP contribution >= 0.6 is 0 Å². The lowest BCUT2D eigenvalue weighted by molar-refractivity contribution is -0.121. The Hall–Kier alpha value is -4.45. The monoisotopic (exact) mass is 560 g/mol. The minimum atomic E-state index is -0.639. The molecule has 1 fully saturated rings. The quantitative estimate of drug-likeness (QED) is 0.224. The molecule has 2 atom stereocenters. The van der Waals surface area contributed by atoms with Gasteiger partial charge in [-0.25, -0.2) is 14.4 Å². The zero-order chi connectivity index (χ0) is 29.3. The number of phenolic OH excluding ortho intramolecular Hbond substituents is 1. The van der Waals surface area contributed by atoms with Gasteiger partial charge >= 0.3 is 0 Å². The Bertz CT molecular complexity index is 1530. The number of anilines is 2. The van der Waals surface area contributed by atoms with E-state index in [1.54, 1.807) is 19.9 Å². The molecule has 2 unspecified atom stereocenters. The van der Waals surface area contributed by atoms with Gasteiger partial charge in [0.2, 0.25) is 0 Å². The number of aromatic amines is 1. The molecule has 2 aromatic carbocycles. The van der Waals surface area contributed by atoms with Crippen LogP contribution in [0.15, 0.2) is 52.6 Å². The maximum atomic E-state index is 14.0. The minimum absolute atomic E-state index is 0.0313. The number of benzene rings is 2. The highest BCUT2D eigenvalue weighted by molar-refractivity contribution is 6.57. The van der Waals surface area contributed by atoms with Crippen molar-refractivity contribution < 1.29 is 19.1 Å². The van der Waals surface area contributed by atoms with E-state index in [0.717, 1.165) is 42.0 Å². The number of aromatic hydroxyl groups is 1. The van der Waals surface area contributed by atoms with Crippen molar-refractivity contribution in [2.75, 3.05) is 31.0 Å². The standard InChI is InChI=1S/C29H33FN8O3/c1-16-13-20(11-12-23(16)30)38-28(40)22(15-37(3)4)17(2)25(29(38)41)32-31-24-10-6-9-21(26(24)39)18-7-5-8-19(14-18)27-33-35-36-34-27/h6,9-13,18-19,31,39H,5,7-8,14-15H2,1-4H3,(H,33,34,35,36). The van der Waals surface area contributed by atoms with Crippen LogP contribution in [0, 0.1) is 12.7 Å². The summed E-state index contributed by atoms with van der Waals surface area (Å²) in [5.74, 6) is -0.493. The number of halogens is 1. The summed E-state index contributed by atoms with van der Waals surface area (Å²) in [5.41, 5.74) is 5.42. The van der Waals surface area contributed by atoms with Crippen molar-refractivity contribution in [3.8, 4) is 5.75 Å². The lowest BCUT2D eigenvalue weighted by Crippen LogP contribution is -2.49. The van der Waals surface area contributed by atoms with Crippen LogP contribution in [0.4, 0.5) is 15.8 Å². The fourth-order valence-corrected chi connectivity index (χ4v) is 5.59. The van der Waals surface area contributed by atoms with Gasteiger partial charge in [-0.1, -0.05) is 18.6 Å². The third kappa shape index (κ3) is 5.60. The second-order valence-electron chi connectivity index (χ2n) is 10.9. The molecule has 11 nitrogen and oxygen atoms in total. The molecule has 2 aliphatic rings. The van der Waals surface area contributed by atoms with Crippen LogP contribution in [0.5, 0.6) is 5.75 Å². The van der Waals surface area contributed by atoms with Gasteiger partial charge in [0.25, 0.3) is 11.8 Å². The normalized spacial score (nSPS) is 20.8. The van der Waals surface area contributed by atoms with E-state index in [4.69, 9.17) is 0 Å². The molecule has 5 rings (SSSR count). The molecule has 0 spiro atoms. The van der Waals surface area contributed by atoms with Crippen molar-refractivity contribution in [2.24, 2.45) is 5.10 Å². The molecule has 1 aromatic heterocycles. The third-order valence-electron chi connectivity index (χ3n) is 7.77. The summed E-state index contributed by atoms with van der Waals surface area (Å²) in [4.78, 5) is 30.0. The number of aromatic nitrogens is 4. The number of hydrogen-bond acceptors (Lipinski definition) is 9. The first-order chi connectivity index (χ1) is 19.7. The second-order valence-corrected chi connectivity index (χ2v) is 10.9. The van der Waals surface area contributed by atoms with Crippen LogP contribution < -0.4 is 10.3 Å². The van der Waals surface area contributed by atoms with Gasteiger partial charge in [-0.05, 0) is 105 Å². The van der Waals surface area contributed by atoms with Crippen LogP contribution in [0.25, 0.3) is 0 Å². The highest BCUT2D eigenvalue weighted by Gasteiger charge is 2.38. The zero-order valence-electron chi connectivity index (χ0n) is 23.5. The van der Waals surface area contributed by atoms with E-state index in [1.807, 2.05) is 31.1 Å². The minimum Gasteiger partial charge on any atom is -0.505 e. The summed E-state index contributed by atoms with van der Waals surface area (Å²) in [5, 5.41) is 30.0. The number of hydrazone groups is 1. The fourth-order valence-electron chi connectivity index (χ4n) is 5.59. The number of carbonyl (C=O) groups excluding carboxylic acids is 2. The predicted molar refractivity (Wildman–Crippen MR) is 152 cm³/mol. The van der Waals surface area contributed by atoms with E-state index < -0.39 is 17.6 Å². The lowest BCUT2D eigenvalue weighted by atomic mass is 9.77. The van der Waals surface area contributed by atoms with E-state index in [0.29, 0.717) is 22.4 Å². The molecular weight excluding hydrogens is 527 g/mol. The van der Waals surface area contributed by atoms with Crippen molar-refractivity contribution in [2.45, 2.75) is 51.4 Å². The van der Waals surface area contributed by atoms with Gasteiger partial charge < -0.3 is 10.0 Å². The van der Waals surface area contributed by atoms with E-state index in [-0.39, 0.29) is 35.5 Å². The Balaban J connectivity index is 1.46. The summed E-state index contributed by atoms with van der Waals surface area (Å²) < 4.78 is 14.0. The average molecular weight is 561 g/mol. The van der Waals surface area contributed by atoms with E-state index in [1.165, 1.54) is 18.2 Å². The molecule has 12 heteroatoms. The van der Waals surface area contributed by atoms with E-state index in [9.17, 15) is 19.1 Å². The number of nitrogens with one attached hydrogen (secondary N) is 2. The molecule has 1 saturated carbocycles. The number of amides is 2. The van der Waals surface area contributed by atoms with Crippen molar-refractivity contribution in [3.63, 3.8) is 0 Å². The maximum absolute atomic E-state index is 14.0. The number of likely N-dealkylation sites (N-methyl/N-ethyl adjacent to an activating group) is 1. The topological polar surface area (TPSA) is 140 Å². The Labute approximate surface area is 237 Å². The molecule has 2 amide bonds.